The smallest absolute Gasteiger partial charge is 0.189 e. The highest BCUT2D eigenvalue weighted by atomic mass is 14.6. The number of nitriles is 4. The number of benzene rings is 2. The Hall–Kier alpha value is -4.11. The van der Waals surface area contributed by atoms with Crippen LogP contribution in [0.25, 0.3) is 4.85 Å². The number of rotatable bonds is 2. The summed E-state index contributed by atoms with van der Waals surface area (Å²) in [5, 5.41) is 35.5. The predicted molar refractivity (Wildman–Crippen MR) is 106 cm³/mol. The minimum Gasteiger partial charge on any atom is -0.238 e. The fraction of sp³-hybridized carbons (Fsp3) is 0.261. The van der Waals surface area contributed by atoms with Crippen LogP contribution in [0.15, 0.2) is 30.3 Å². The lowest BCUT2D eigenvalue weighted by Gasteiger charge is -2.10. The van der Waals surface area contributed by atoms with Crippen molar-refractivity contribution < 1.29 is 0 Å². The lowest BCUT2D eigenvalue weighted by Crippen LogP contribution is -1.97. The minimum atomic E-state index is 0.106. The summed E-state index contributed by atoms with van der Waals surface area (Å²) in [6, 6.07) is 16.6. The molecule has 0 saturated heterocycles. The topological polar surface area (TPSA) is 99.5 Å². The first-order chi connectivity index (χ1) is 13.3. The van der Waals surface area contributed by atoms with Crippen molar-refractivity contribution >= 4 is 5.69 Å². The van der Waals surface area contributed by atoms with E-state index in [4.69, 9.17) is 27.6 Å². The molecule has 0 unspecified atom stereocenters. The first-order valence-corrected chi connectivity index (χ1v) is 8.63. The maximum absolute atomic E-state index is 8.94. The van der Waals surface area contributed by atoms with E-state index >= 15 is 0 Å². The molecule has 28 heavy (non-hydrogen) atoms. The van der Waals surface area contributed by atoms with E-state index < -0.39 is 0 Å². The van der Waals surface area contributed by atoms with E-state index in [2.05, 4.69) is 17.0 Å². The second kappa shape index (κ2) is 10.1. The zero-order chi connectivity index (χ0) is 21.3. The van der Waals surface area contributed by atoms with E-state index in [0.717, 1.165) is 11.1 Å². The molecular weight excluding hydrogens is 346 g/mol. The van der Waals surface area contributed by atoms with Gasteiger partial charge in [-0.25, -0.2) is 4.85 Å². The van der Waals surface area contributed by atoms with Gasteiger partial charge in [0.1, 0.15) is 0 Å². The van der Waals surface area contributed by atoms with Crippen molar-refractivity contribution in [1.82, 2.24) is 0 Å². The van der Waals surface area contributed by atoms with Gasteiger partial charge < -0.3 is 0 Å². The van der Waals surface area contributed by atoms with E-state index in [1.54, 1.807) is 18.2 Å². The van der Waals surface area contributed by atoms with Crippen LogP contribution in [0.2, 0.25) is 0 Å². The zero-order valence-corrected chi connectivity index (χ0v) is 16.3. The fourth-order valence-electron chi connectivity index (χ4n) is 2.89. The number of hydrogen-bond acceptors (Lipinski definition) is 4. The lowest BCUT2D eigenvalue weighted by atomic mass is 9.92. The Bertz CT molecular complexity index is 1010. The molecule has 136 valence electrons. The van der Waals surface area contributed by atoms with E-state index in [-0.39, 0.29) is 11.8 Å². The molecule has 0 saturated carbocycles. The van der Waals surface area contributed by atoms with Gasteiger partial charge in [0, 0.05) is 11.1 Å². The third kappa shape index (κ3) is 4.96. The Morgan fingerprint density at radius 1 is 0.714 bits per heavy atom. The van der Waals surface area contributed by atoms with E-state index in [9.17, 15) is 0 Å². The van der Waals surface area contributed by atoms with Crippen LogP contribution in [0.3, 0.4) is 0 Å². The molecule has 0 amide bonds. The number of nitrogens with zero attached hydrogens (tertiary/aromatic N) is 5. The van der Waals surface area contributed by atoms with Crippen molar-refractivity contribution in [3.8, 4) is 24.3 Å². The molecule has 0 spiro atoms. The Balaban J connectivity index is 0.000000283. The Morgan fingerprint density at radius 3 is 1.36 bits per heavy atom. The zero-order valence-electron chi connectivity index (χ0n) is 16.3. The van der Waals surface area contributed by atoms with E-state index in [0.29, 0.717) is 27.9 Å². The first kappa shape index (κ1) is 21.9. The SMILES string of the molecule is CC(C)c1c(C#N)cccc1C#N.[C-]#[N+]c1cc(C#N)c(C(C)C)c(C#N)c1. The molecule has 0 aromatic heterocycles. The molecular formula is C23H19N5. The van der Waals surface area contributed by atoms with Crippen molar-refractivity contribution in [3.63, 3.8) is 0 Å². The van der Waals surface area contributed by atoms with E-state index in [1.807, 2.05) is 39.8 Å². The summed E-state index contributed by atoms with van der Waals surface area (Å²) in [4.78, 5) is 3.24. The van der Waals surface area contributed by atoms with Crippen LogP contribution in [0, 0.1) is 51.9 Å². The van der Waals surface area contributed by atoms with Gasteiger partial charge in [-0.3, -0.25) is 0 Å². The summed E-state index contributed by atoms with van der Waals surface area (Å²) >= 11 is 0. The van der Waals surface area contributed by atoms with Crippen LogP contribution in [-0.4, -0.2) is 0 Å². The molecule has 0 radical (unpaired) electrons. The van der Waals surface area contributed by atoms with Crippen LogP contribution in [0.5, 0.6) is 0 Å². The molecule has 0 atom stereocenters. The van der Waals surface area contributed by atoms with Gasteiger partial charge in [0.25, 0.3) is 0 Å². The second-order valence-electron chi connectivity index (χ2n) is 6.59. The largest absolute Gasteiger partial charge is 0.238 e. The van der Waals surface area contributed by atoms with Crippen molar-refractivity contribution in [3.05, 3.63) is 75.1 Å². The van der Waals surface area contributed by atoms with Gasteiger partial charge in [-0.2, -0.15) is 21.0 Å². The van der Waals surface area contributed by atoms with Gasteiger partial charge in [-0.1, -0.05) is 33.8 Å². The van der Waals surface area contributed by atoms with Crippen molar-refractivity contribution in [2.24, 2.45) is 0 Å². The molecule has 0 bridgehead atoms. The lowest BCUT2D eigenvalue weighted by molar-refractivity contribution is 0.858. The summed E-state index contributed by atoms with van der Waals surface area (Å²) < 4.78 is 0. The fourth-order valence-corrected chi connectivity index (χ4v) is 2.89. The van der Waals surface area contributed by atoms with Gasteiger partial charge in [0.2, 0.25) is 0 Å². The molecule has 0 fully saturated rings. The van der Waals surface area contributed by atoms with Gasteiger partial charge in [-0.05, 0) is 47.2 Å². The van der Waals surface area contributed by atoms with Gasteiger partial charge in [0.05, 0.1) is 42.0 Å². The quantitative estimate of drug-likeness (QED) is 0.641. The predicted octanol–water partition coefficient (Wildman–Crippen LogP) is 5.66. The maximum atomic E-state index is 8.94. The molecule has 0 aliphatic rings. The normalized spacial score (nSPS) is 9.18. The van der Waals surface area contributed by atoms with Crippen molar-refractivity contribution in [2.45, 2.75) is 39.5 Å². The van der Waals surface area contributed by atoms with Crippen LogP contribution < -0.4 is 0 Å². The third-order valence-electron chi connectivity index (χ3n) is 4.04. The Morgan fingerprint density at radius 2 is 1.07 bits per heavy atom. The molecule has 2 aromatic carbocycles. The summed E-state index contributed by atoms with van der Waals surface area (Å²) in [7, 11) is 0. The molecule has 0 N–H and O–H groups in total. The highest BCUT2D eigenvalue weighted by Crippen LogP contribution is 2.28. The van der Waals surface area contributed by atoms with Gasteiger partial charge in [0.15, 0.2) is 5.69 Å². The summed E-state index contributed by atoms with van der Waals surface area (Å²) in [5.74, 6) is 0.319. The average molecular weight is 365 g/mol. The van der Waals surface area contributed by atoms with Crippen molar-refractivity contribution in [1.29, 1.82) is 21.0 Å². The van der Waals surface area contributed by atoms with Gasteiger partial charge >= 0.3 is 0 Å². The molecule has 2 rings (SSSR count). The molecule has 0 aliphatic carbocycles. The number of hydrogen-bond donors (Lipinski definition) is 0. The standard InChI is InChI=1S/C12H9N3.C11H10N2/c1-8(2)12-9(6-13)4-11(15-3)5-10(12)7-14;1-8(2)11-9(6-12)4-3-5-10(11)7-13/h4-5,8H,1-2H3;3-5,8H,1-2H3. The van der Waals surface area contributed by atoms with Crippen LogP contribution in [-0.2, 0) is 0 Å². The molecule has 5 heteroatoms. The second-order valence-corrected chi connectivity index (χ2v) is 6.59. The molecule has 5 nitrogen and oxygen atoms in total. The van der Waals surface area contributed by atoms with Gasteiger partial charge in [-0.15, -0.1) is 0 Å². The van der Waals surface area contributed by atoms with Crippen molar-refractivity contribution in [2.75, 3.05) is 0 Å². The average Bonchev–Trinajstić information content (AvgIpc) is 2.71. The highest BCUT2D eigenvalue weighted by molar-refractivity contribution is 5.61. The Labute approximate surface area is 166 Å². The molecule has 0 heterocycles. The minimum absolute atomic E-state index is 0.106. The van der Waals surface area contributed by atoms with Crippen LogP contribution in [0.4, 0.5) is 5.69 Å². The maximum Gasteiger partial charge on any atom is 0.189 e. The Kier molecular flexibility index (Phi) is 7.94. The van der Waals surface area contributed by atoms with Crippen LogP contribution >= 0.6 is 0 Å². The summed E-state index contributed by atoms with van der Waals surface area (Å²) in [5.41, 5.74) is 3.99. The summed E-state index contributed by atoms with van der Waals surface area (Å²) in [6.07, 6.45) is 0. The molecule has 0 aliphatic heterocycles. The monoisotopic (exact) mass is 365 g/mol. The summed E-state index contributed by atoms with van der Waals surface area (Å²) in [6.45, 7) is 14.7. The first-order valence-electron chi connectivity index (χ1n) is 8.63. The van der Waals surface area contributed by atoms with Crippen LogP contribution in [0.1, 0.15) is 72.9 Å². The molecule has 2 aromatic rings. The van der Waals surface area contributed by atoms with E-state index in [1.165, 1.54) is 12.1 Å². The third-order valence-corrected chi connectivity index (χ3v) is 4.04. The highest BCUT2D eigenvalue weighted by Gasteiger charge is 2.13.